The third-order valence-corrected chi connectivity index (χ3v) is 4.07. The van der Waals surface area contributed by atoms with Crippen LogP contribution in [0.1, 0.15) is 37.7 Å². The molecule has 0 aliphatic heterocycles. The van der Waals surface area contributed by atoms with Gasteiger partial charge in [-0.05, 0) is 31.7 Å². The van der Waals surface area contributed by atoms with Gasteiger partial charge in [0.05, 0.1) is 0 Å². The minimum absolute atomic E-state index is 0.102. The maximum atomic E-state index is 12.6. The fourth-order valence-electron chi connectivity index (χ4n) is 2.02. The summed E-state index contributed by atoms with van der Waals surface area (Å²) in [5, 5.41) is 1.81. The second-order valence-electron chi connectivity index (χ2n) is 5.64. The van der Waals surface area contributed by atoms with Gasteiger partial charge >= 0.3 is 0 Å². The van der Waals surface area contributed by atoms with Gasteiger partial charge in [0, 0.05) is 18.0 Å². The molecule has 0 fully saturated rings. The predicted octanol–water partition coefficient (Wildman–Crippen LogP) is 3.08. The van der Waals surface area contributed by atoms with E-state index in [-0.39, 0.29) is 11.4 Å². The Labute approximate surface area is 119 Å². The average molecular weight is 271 g/mol. The van der Waals surface area contributed by atoms with Gasteiger partial charge < -0.3 is 10.6 Å². The van der Waals surface area contributed by atoms with Gasteiger partial charge in [-0.3, -0.25) is 4.79 Å². The Morgan fingerprint density at radius 3 is 2.65 bits per heavy atom. The number of benzene rings is 1. The van der Waals surface area contributed by atoms with Crippen LogP contribution in [0, 0.1) is 0 Å². The number of hydrogen-bond donors (Lipinski definition) is 1. The van der Waals surface area contributed by atoms with Crippen molar-refractivity contribution in [1.29, 1.82) is 0 Å². The van der Waals surface area contributed by atoms with Gasteiger partial charge in [0.2, 0.25) is 0 Å². The van der Waals surface area contributed by atoms with Crippen LogP contribution in [0.5, 0.6) is 0 Å². The van der Waals surface area contributed by atoms with Crippen molar-refractivity contribution >= 4 is 22.5 Å². The lowest BCUT2D eigenvalue weighted by molar-refractivity contribution is 0.0614. The van der Waals surface area contributed by atoms with E-state index in [1.807, 2.05) is 38.1 Å². The molecule has 1 amide bonds. The van der Waals surface area contributed by atoms with Crippen LogP contribution in [-0.4, -0.2) is 28.4 Å². The molecule has 2 N–H and O–H groups in total. The highest BCUT2D eigenvalue weighted by atomic mass is 16.2. The predicted molar refractivity (Wildman–Crippen MR) is 82.6 cm³/mol. The Kier molecular flexibility index (Phi) is 3.66. The van der Waals surface area contributed by atoms with E-state index in [0.717, 1.165) is 17.2 Å². The lowest BCUT2D eigenvalue weighted by atomic mass is 9.99. The molecule has 4 heteroatoms. The fourth-order valence-corrected chi connectivity index (χ4v) is 2.02. The van der Waals surface area contributed by atoms with E-state index in [2.05, 4.69) is 11.9 Å². The summed E-state index contributed by atoms with van der Waals surface area (Å²) < 4.78 is 0. The van der Waals surface area contributed by atoms with E-state index in [4.69, 9.17) is 5.73 Å². The number of aromatic nitrogens is 1. The van der Waals surface area contributed by atoms with Crippen molar-refractivity contribution < 1.29 is 4.79 Å². The van der Waals surface area contributed by atoms with Gasteiger partial charge in [-0.25, -0.2) is 4.98 Å². The first-order chi connectivity index (χ1) is 9.36. The molecule has 0 bridgehead atoms. The first kappa shape index (κ1) is 14.3. The molecule has 0 atom stereocenters. The van der Waals surface area contributed by atoms with Gasteiger partial charge in [0.1, 0.15) is 11.5 Å². The minimum atomic E-state index is -0.209. The summed E-state index contributed by atoms with van der Waals surface area (Å²) in [6.07, 6.45) is 0.873. The summed E-state index contributed by atoms with van der Waals surface area (Å²) in [6, 6.07) is 9.49. The van der Waals surface area contributed by atoms with Gasteiger partial charge in [-0.15, -0.1) is 0 Å². The number of fused-ring (bicyclic) bond motifs is 1. The fraction of sp³-hybridized carbons (Fsp3) is 0.375. The minimum Gasteiger partial charge on any atom is -0.383 e. The molecule has 4 nitrogen and oxygen atoms in total. The summed E-state index contributed by atoms with van der Waals surface area (Å²) in [4.78, 5) is 18.5. The normalized spacial score (nSPS) is 11.6. The van der Waals surface area contributed by atoms with Crippen LogP contribution in [0.3, 0.4) is 0 Å². The Morgan fingerprint density at radius 2 is 2.00 bits per heavy atom. The molecule has 0 aliphatic rings. The van der Waals surface area contributed by atoms with E-state index in [1.54, 1.807) is 18.0 Å². The topological polar surface area (TPSA) is 59.2 Å². The Hall–Kier alpha value is -2.10. The molecule has 0 saturated carbocycles. The van der Waals surface area contributed by atoms with Crippen LogP contribution < -0.4 is 5.73 Å². The quantitative estimate of drug-likeness (QED) is 0.933. The molecule has 0 radical (unpaired) electrons. The number of hydrogen-bond acceptors (Lipinski definition) is 3. The molecule has 0 spiro atoms. The number of nitrogens with zero attached hydrogens (tertiary/aromatic N) is 2. The summed E-state index contributed by atoms with van der Waals surface area (Å²) >= 11 is 0. The number of carbonyl (C=O) groups excluding carboxylic acids is 1. The Morgan fingerprint density at radius 1 is 1.35 bits per heavy atom. The smallest absolute Gasteiger partial charge is 0.272 e. The maximum Gasteiger partial charge on any atom is 0.272 e. The summed E-state index contributed by atoms with van der Waals surface area (Å²) in [7, 11) is 1.80. The number of pyridine rings is 1. The number of carbonyl (C=O) groups is 1. The molecular formula is C16H21N3O. The van der Waals surface area contributed by atoms with Crippen LogP contribution in [-0.2, 0) is 0 Å². The van der Waals surface area contributed by atoms with Gasteiger partial charge in [-0.2, -0.15) is 0 Å². The molecule has 1 aromatic heterocycles. The second kappa shape index (κ2) is 5.12. The molecule has 0 unspecified atom stereocenters. The van der Waals surface area contributed by atoms with Crippen molar-refractivity contribution in [3.05, 3.63) is 36.0 Å². The van der Waals surface area contributed by atoms with E-state index in [9.17, 15) is 4.79 Å². The molecule has 0 saturated heterocycles. The molecule has 1 heterocycles. The maximum absolute atomic E-state index is 12.6. The van der Waals surface area contributed by atoms with Crippen LogP contribution >= 0.6 is 0 Å². The van der Waals surface area contributed by atoms with Crippen molar-refractivity contribution in [3.63, 3.8) is 0 Å². The standard InChI is InChI=1S/C16H21N3O/c1-5-16(2,3)19(4)15(20)13-10-11-8-6-7-9-12(11)14(17)18-13/h6-10H,5H2,1-4H3,(H2,17,18). The highest BCUT2D eigenvalue weighted by Crippen LogP contribution is 2.23. The first-order valence-corrected chi connectivity index (χ1v) is 6.80. The van der Waals surface area contributed by atoms with Crippen molar-refractivity contribution in [2.75, 3.05) is 12.8 Å². The number of rotatable bonds is 3. The lowest BCUT2D eigenvalue weighted by Crippen LogP contribution is -2.44. The third kappa shape index (κ3) is 2.46. The average Bonchev–Trinajstić information content (AvgIpc) is 2.45. The number of nitrogens with two attached hydrogens (primary N) is 1. The molecule has 1 aromatic carbocycles. The van der Waals surface area contributed by atoms with E-state index in [0.29, 0.717) is 11.5 Å². The van der Waals surface area contributed by atoms with Crippen molar-refractivity contribution in [3.8, 4) is 0 Å². The number of amides is 1. The Balaban J connectivity index is 2.46. The van der Waals surface area contributed by atoms with Crippen molar-refractivity contribution in [1.82, 2.24) is 9.88 Å². The highest BCUT2D eigenvalue weighted by Gasteiger charge is 2.27. The van der Waals surface area contributed by atoms with Crippen LogP contribution in [0.15, 0.2) is 30.3 Å². The van der Waals surface area contributed by atoms with E-state index in [1.165, 1.54) is 0 Å². The van der Waals surface area contributed by atoms with Crippen LogP contribution in [0.4, 0.5) is 5.82 Å². The van der Waals surface area contributed by atoms with E-state index >= 15 is 0 Å². The summed E-state index contributed by atoms with van der Waals surface area (Å²) in [5.74, 6) is 0.295. The monoisotopic (exact) mass is 271 g/mol. The molecule has 0 aliphatic carbocycles. The van der Waals surface area contributed by atoms with Crippen molar-refractivity contribution in [2.45, 2.75) is 32.7 Å². The summed E-state index contributed by atoms with van der Waals surface area (Å²) in [5.41, 5.74) is 6.14. The van der Waals surface area contributed by atoms with Crippen molar-refractivity contribution in [2.24, 2.45) is 0 Å². The van der Waals surface area contributed by atoms with E-state index < -0.39 is 0 Å². The largest absolute Gasteiger partial charge is 0.383 e. The number of anilines is 1. The zero-order chi connectivity index (χ0) is 14.9. The highest BCUT2D eigenvalue weighted by molar-refractivity contribution is 6.00. The SMILES string of the molecule is CCC(C)(C)N(C)C(=O)c1cc2ccccc2c(N)n1. The molecule has 2 rings (SSSR count). The van der Waals surface area contributed by atoms with Gasteiger partial charge in [0.15, 0.2) is 0 Å². The molecule has 2 aromatic rings. The third-order valence-electron chi connectivity index (χ3n) is 4.07. The summed E-state index contributed by atoms with van der Waals surface area (Å²) in [6.45, 7) is 6.14. The zero-order valence-corrected chi connectivity index (χ0v) is 12.5. The lowest BCUT2D eigenvalue weighted by Gasteiger charge is -2.34. The first-order valence-electron chi connectivity index (χ1n) is 6.80. The number of nitrogen functional groups attached to an aromatic ring is 1. The Bertz CT molecular complexity index is 649. The van der Waals surface area contributed by atoms with Gasteiger partial charge in [0.25, 0.3) is 5.91 Å². The second-order valence-corrected chi connectivity index (χ2v) is 5.64. The van der Waals surface area contributed by atoms with Gasteiger partial charge in [-0.1, -0.05) is 31.2 Å². The molecular weight excluding hydrogens is 250 g/mol. The molecule has 20 heavy (non-hydrogen) atoms. The zero-order valence-electron chi connectivity index (χ0n) is 12.5. The van der Waals surface area contributed by atoms with Crippen LogP contribution in [0.2, 0.25) is 0 Å². The molecule has 106 valence electrons. The van der Waals surface area contributed by atoms with Crippen LogP contribution in [0.25, 0.3) is 10.8 Å².